The van der Waals surface area contributed by atoms with Crippen LogP contribution in [0, 0.1) is 16.7 Å². The molecule has 1 aromatic rings. The maximum atomic E-state index is 12.2. The van der Waals surface area contributed by atoms with Crippen LogP contribution < -0.4 is 4.90 Å². The van der Waals surface area contributed by atoms with Crippen molar-refractivity contribution in [1.29, 1.82) is 5.26 Å². The largest absolute Gasteiger partial charge is 0.370 e. The molecule has 24 heavy (non-hydrogen) atoms. The lowest BCUT2D eigenvalue weighted by atomic mass is 9.77. The molecule has 1 spiro atoms. The Labute approximate surface area is 145 Å². The molecule has 4 nitrogen and oxygen atoms in total. The standard InChI is InChI=1S/C20H27N3O/c1-2-3-8-19(24)22-12-9-20(10-13-22)11-14-23(16-20)18-7-5-4-6-17(18)15-21/h4-7H,2-3,8-14,16H2,1H3. The minimum Gasteiger partial charge on any atom is -0.370 e. The van der Waals surface area contributed by atoms with Crippen LogP contribution in [0.25, 0.3) is 0 Å². The van der Waals surface area contributed by atoms with Crippen LogP contribution in [0.3, 0.4) is 0 Å². The van der Waals surface area contributed by atoms with Crippen molar-refractivity contribution in [3.8, 4) is 6.07 Å². The highest BCUT2D eigenvalue weighted by Gasteiger charge is 2.41. The number of carbonyl (C=O) groups is 1. The molecule has 0 aromatic heterocycles. The van der Waals surface area contributed by atoms with Gasteiger partial charge in [0.2, 0.25) is 5.91 Å². The van der Waals surface area contributed by atoms with Crippen LogP contribution in [0.1, 0.15) is 51.0 Å². The fourth-order valence-corrected chi connectivity index (χ4v) is 4.11. The molecule has 0 saturated carbocycles. The first-order valence-electron chi connectivity index (χ1n) is 9.19. The van der Waals surface area contributed by atoms with Crippen molar-refractivity contribution < 1.29 is 4.79 Å². The molecule has 0 unspecified atom stereocenters. The molecule has 0 N–H and O–H groups in total. The zero-order chi connectivity index (χ0) is 17.0. The minimum atomic E-state index is 0.324. The minimum absolute atomic E-state index is 0.324. The molecule has 1 amide bonds. The summed E-state index contributed by atoms with van der Waals surface area (Å²) >= 11 is 0. The molecule has 0 bridgehead atoms. The summed E-state index contributed by atoms with van der Waals surface area (Å²) in [6.07, 6.45) is 6.14. The summed E-state index contributed by atoms with van der Waals surface area (Å²) in [5.74, 6) is 0.330. The van der Waals surface area contributed by atoms with Crippen molar-refractivity contribution in [3.05, 3.63) is 29.8 Å². The summed E-state index contributed by atoms with van der Waals surface area (Å²) in [5.41, 5.74) is 2.16. The Kier molecular flexibility index (Phi) is 5.08. The zero-order valence-corrected chi connectivity index (χ0v) is 14.6. The van der Waals surface area contributed by atoms with E-state index in [1.165, 1.54) is 6.42 Å². The van der Waals surface area contributed by atoms with Crippen LogP contribution in [-0.2, 0) is 4.79 Å². The molecule has 0 aliphatic carbocycles. The van der Waals surface area contributed by atoms with E-state index >= 15 is 0 Å². The van der Waals surface area contributed by atoms with Gasteiger partial charge in [0.05, 0.1) is 11.3 Å². The lowest BCUT2D eigenvalue weighted by Gasteiger charge is -2.39. The SMILES string of the molecule is CCCCC(=O)N1CCC2(CC1)CCN(c1ccccc1C#N)C2. The van der Waals surface area contributed by atoms with Gasteiger partial charge in [-0.15, -0.1) is 0 Å². The quantitative estimate of drug-likeness (QED) is 0.850. The zero-order valence-electron chi connectivity index (χ0n) is 14.6. The van der Waals surface area contributed by atoms with Crippen LogP contribution in [0.2, 0.25) is 0 Å². The summed E-state index contributed by atoms with van der Waals surface area (Å²) in [4.78, 5) is 16.6. The topological polar surface area (TPSA) is 47.3 Å². The summed E-state index contributed by atoms with van der Waals surface area (Å²) < 4.78 is 0. The molecular weight excluding hydrogens is 298 g/mol. The average molecular weight is 325 g/mol. The third-order valence-electron chi connectivity index (χ3n) is 5.72. The Bertz CT molecular complexity index is 626. The molecule has 0 atom stereocenters. The molecule has 128 valence electrons. The molecule has 0 radical (unpaired) electrons. The van der Waals surface area contributed by atoms with Gasteiger partial charge >= 0.3 is 0 Å². The van der Waals surface area contributed by atoms with Gasteiger partial charge < -0.3 is 9.80 Å². The van der Waals surface area contributed by atoms with E-state index in [0.29, 0.717) is 17.7 Å². The first-order valence-corrected chi connectivity index (χ1v) is 9.19. The summed E-state index contributed by atoms with van der Waals surface area (Å²) in [7, 11) is 0. The molecule has 2 fully saturated rings. The third-order valence-corrected chi connectivity index (χ3v) is 5.72. The van der Waals surface area contributed by atoms with Crippen molar-refractivity contribution in [2.75, 3.05) is 31.1 Å². The first-order chi connectivity index (χ1) is 11.7. The van der Waals surface area contributed by atoms with Crippen LogP contribution >= 0.6 is 0 Å². The van der Waals surface area contributed by atoms with E-state index in [-0.39, 0.29) is 0 Å². The fraction of sp³-hybridized carbons (Fsp3) is 0.600. The molecule has 1 aromatic carbocycles. The van der Waals surface area contributed by atoms with Crippen molar-refractivity contribution in [1.82, 2.24) is 4.90 Å². The number of nitrogens with zero attached hydrogens (tertiary/aromatic N) is 3. The number of amides is 1. The van der Waals surface area contributed by atoms with Gasteiger partial charge in [-0.3, -0.25) is 4.79 Å². The molecule has 2 aliphatic rings. The van der Waals surface area contributed by atoms with Gasteiger partial charge in [-0.2, -0.15) is 5.26 Å². The van der Waals surface area contributed by atoms with Gasteiger partial charge in [0.25, 0.3) is 0 Å². The number of para-hydroxylation sites is 1. The summed E-state index contributed by atoms with van der Waals surface area (Å²) in [5, 5.41) is 9.33. The van der Waals surface area contributed by atoms with Crippen LogP contribution in [0.4, 0.5) is 5.69 Å². The fourth-order valence-electron chi connectivity index (χ4n) is 4.11. The second-order valence-electron chi connectivity index (χ2n) is 7.28. The second kappa shape index (κ2) is 7.25. The summed E-state index contributed by atoms with van der Waals surface area (Å²) in [6, 6.07) is 10.2. The highest BCUT2D eigenvalue weighted by Crippen LogP contribution is 2.42. The monoisotopic (exact) mass is 325 g/mol. The number of anilines is 1. The predicted octanol–water partition coefficient (Wildman–Crippen LogP) is 3.57. The molecule has 3 rings (SSSR count). The van der Waals surface area contributed by atoms with Crippen molar-refractivity contribution in [2.24, 2.45) is 5.41 Å². The van der Waals surface area contributed by atoms with Gasteiger partial charge in [-0.25, -0.2) is 0 Å². The molecule has 4 heteroatoms. The number of piperidine rings is 1. The van der Waals surface area contributed by atoms with E-state index < -0.39 is 0 Å². The number of benzene rings is 1. The van der Waals surface area contributed by atoms with E-state index in [4.69, 9.17) is 0 Å². The number of hydrogen-bond donors (Lipinski definition) is 0. The summed E-state index contributed by atoms with van der Waals surface area (Å²) in [6.45, 7) is 5.96. The smallest absolute Gasteiger partial charge is 0.222 e. The number of hydrogen-bond acceptors (Lipinski definition) is 3. The maximum Gasteiger partial charge on any atom is 0.222 e. The molecular formula is C20H27N3O. The van der Waals surface area contributed by atoms with E-state index in [0.717, 1.165) is 63.1 Å². The number of likely N-dealkylation sites (tertiary alicyclic amines) is 1. The van der Waals surface area contributed by atoms with Gasteiger partial charge in [-0.1, -0.05) is 25.5 Å². The third kappa shape index (κ3) is 3.40. The number of rotatable bonds is 4. The van der Waals surface area contributed by atoms with Gasteiger partial charge in [0.1, 0.15) is 6.07 Å². The molecule has 2 saturated heterocycles. The van der Waals surface area contributed by atoms with E-state index in [1.54, 1.807) is 0 Å². The number of carbonyl (C=O) groups excluding carboxylic acids is 1. The second-order valence-corrected chi connectivity index (χ2v) is 7.28. The Morgan fingerprint density at radius 1 is 1.21 bits per heavy atom. The molecule has 2 heterocycles. The normalized spacial score (nSPS) is 19.5. The Balaban J connectivity index is 1.60. The Hall–Kier alpha value is -2.02. The average Bonchev–Trinajstić information content (AvgIpc) is 3.03. The van der Waals surface area contributed by atoms with E-state index in [1.807, 2.05) is 18.2 Å². The predicted molar refractivity (Wildman–Crippen MR) is 95.8 cm³/mol. The van der Waals surface area contributed by atoms with Crippen LogP contribution in [0.5, 0.6) is 0 Å². The highest BCUT2D eigenvalue weighted by molar-refractivity contribution is 5.76. The van der Waals surface area contributed by atoms with Crippen molar-refractivity contribution in [3.63, 3.8) is 0 Å². The highest BCUT2D eigenvalue weighted by atomic mass is 16.2. The molecule has 2 aliphatic heterocycles. The van der Waals surface area contributed by atoms with Gasteiger partial charge in [0, 0.05) is 32.6 Å². The van der Waals surface area contributed by atoms with Crippen molar-refractivity contribution >= 4 is 11.6 Å². The Morgan fingerprint density at radius 2 is 1.92 bits per heavy atom. The number of unbranched alkanes of at least 4 members (excludes halogenated alkanes) is 1. The van der Waals surface area contributed by atoms with E-state index in [2.05, 4.69) is 28.9 Å². The van der Waals surface area contributed by atoms with E-state index in [9.17, 15) is 10.1 Å². The van der Waals surface area contributed by atoms with Gasteiger partial charge in [-0.05, 0) is 43.2 Å². The van der Waals surface area contributed by atoms with Gasteiger partial charge in [0.15, 0.2) is 0 Å². The van der Waals surface area contributed by atoms with Crippen molar-refractivity contribution in [2.45, 2.75) is 45.4 Å². The number of nitriles is 1. The Morgan fingerprint density at radius 3 is 2.62 bits per heavy atom. The lowest BCUT2D eigenvalue weighted by Crippen LogP contribution is -2.44. The lowest BCUT2D eigenvalue weighted by molar-refractivity contribution is -0.133. The first kappa shape index (κ1) is 16.8. The maximum absolute atomic E-state index is 12.2. The van der Waals surface area contributed by atoms with Crippen LogP contribution in [-0.4, -0.2) is 37.0 Å². The van der Waals surface area contributed by atoms with Crippen LogP contribution in [0.15, 0.2) is 24.3 Å².